The smallest absolute Gasteiger partial charge is 0.165 e. The molecular formula is C23H29NO4. The highest BCUT2D eigenvalue weighted by atomic mass is 16.5. The quantitative estimate of drug-likeness (QED) is 0.756. The van der Waals surface area contributed by atoms with E-state index in [0.29, 0.717) is 12.4 Å². The second kappa shape index (κ2) is 7.92. The Morgan fingerprint density at radius 2 is 1.96 bits per heavy atom. The fourth-order valence-electron chi connectivity index (χ4n) is 4.45. The number of unbranched alkanes of at least 4 members (excludes halogenated alkanes) is 1. The lowest BCUT2D eigenvalue weighted by Crippen LogP contribution is -2.39. The molecule has 0 saturated heterocycles. The average Bonchev–Trinajstić information content (AvgIpc) is 2.72. The zero-order chi connectivity index (χ0) is 19.7. The van der Waals surface area contributed by atoms with Crippen molar-refractivity contribution in [2.75, 3.05) is 27.4 Å². The first-order chi connectivity index (χ1) is 13.7. The molecule has 0 bridgehead atoms. The minimum atomic E-state index is 0.214. The molecule has 150 valence electrons. The molecule has 2 heterocycles. The predicted octanol–water partition coefficient (Wildman–Crippen LogP) is 4.24. The lowest BCUT2D eigenvalue weighted by atomic mass is 9.83. The van der Waals surface area contributed by atoms with E-state index in [2.05, 4.69) is 17.9 Å². The maximum atomic E-state index is 10.3. The van der Waals surface area contributed by atoms with Crippen LogP contribution in [0.2, 0.25) is 0 Å². The third kappa shape index (κ3) is 3.28. The van der Waals surface area contributed by atoms with Gasteiger partial charge >= 0.3 is 0 Å². The first-order valence-electron chi connectivity index (χ1n) is 10.1. The second-order valence-corrected chi connectivity index (χ2v) is 7.60. The molecule has 2 aromatic rings. The second-order valence-electron chi connectivity index (χ2n) is 7.60. The molecule has 0 radical (unpaired) electrons. The summed E-state index contributed by atoms with van der Waals surface area (Å²) in [4.78, 5) is 2.48. The van der Waals surface area contributed by atoms with Crippen LogP contribution in [-0.2, 0) is 19.4 Å². The zero-order valence-electron chi connectivity index (χ0n) is 17.0. The number of phenolic OH excluding ortho intramolecular Hbond substituents is 1. The number of ether oxygens (including phenoxy) is 3. The zero-order valence-corrected chi connectivity index (χ0v) is 17.0. The molecule has 0 aliphatic carbocycles. The van der Waals surface area contributed by atoms with Gasteiger partial charge in [0.2, 0.25) is 0 Å². The van der Waals surface area contributed by atoms with Gasteiger partial charge in [-0.15, -0.1) is 0 Å². The number of phenols is 1. The van der Waals surface area contributed by atoms with E-state index in [1.165, 1.54) is 22.3 Å². The summed E-state index contributed by atoms with van der Waals surface area (Å²) >= 11 is 0. The van der Waals surface area contributed by atoms with Crippen molar-refractivity contribution in [3.8, 4) is 23.0 Å². The molecular weight excluding hydrogens is 354 g/mol. The van der Waals surface area contributed by atoms with Gasteiger partial charge in [-0.2, -0.15) is 0 Å². The Kier molecular flexibility index (Phi) is 5.36. The highest BCUT2D eigenvalue weighted by molar-refractivity contribution is 5.54. The lowest BCUT2D eigenvalue weighted by Gasteiger charge is -2.42. The van der Waals surface area contributed by atoms with Crippen molar-refractivity contribution in [1.82, 2.24) is 4.90 Å². The Morgan fingerprint density at radius 3 is 2.71 bits per heavy atom. The Balaban J connectivity index is 1.66. The molecule has 0 saturated carbocycles. The minimum Gasteiger partial charge on any atom is -0.504 e. The molecule has 2 aromatic carbocycles. The predicted molar refractivity (Wildman–Crippen MR) is 109 cm³/mol. The molecule has 2 aliphatic rings. The third-order valence-electron chi connectivity index (χ3n) is 5.96. The van der Waals surface area contributed by atoms with Crippen LogP contribution in [0.1, 0.15) is 48.1 Å². The van der Waals surface area contributed by atoms with Gasteiger partial charge in [0.25, 0.3) is 0 Å². The molecule has 5 heteroatoms. The molecule has 0 fully saturated rings. The number of hydrogen-bond donors (Lipinski definition) is 1. The van der Waals surface area contributed by atoms with E-state index in [1.807, 2.05) is 18.2 Å². The molecule has 0 spiro atoms. The molecule has 1 N–H and O–H groups in total. The van der Waals surface area contributed by atoms with Crippen molar-refractivity contribution in [3.05, 3.63) is 46.5 Å². The van der Waals surface area contributed by atoms with Gasteiger partial charge in [-0.1, -0.05) is 19.4 Å². The van der Waals surface area contributed by atoms with E-state index in [9.17, 15) is 5.11 Å². The Hall–Kier alpha value is -2.40. The normalized spacial score (nSPS) is 18.0. The van der Waals surface area contributed by atoms with E-state index >= 15 is 0 Å². The molecule has 1 atom stereocenters. The van der Waals surface area contributed by atoms with Crippen LogP contribution in [0.15, 0.2) is 24.3 Å². The van der Waals surface area contributed by atoms with Crippen LogP contribution in [0.5, 0.6) is 23.0 Å². The Labute approximate surface area is 166 Å². The highest BCUT2D eigenvalue weighted by Gasteiger charge is 2.34. The van der Waals surface area contributed by atoms with E-state index in [1.54, 1.807) is 14.2 Å². The monoisotopic (exact) mass is 383 g/mol. The van der Waals surface area contributed by atoms with Crippen LogP contribution >= 0.6 is 0 Å². The van der Waals surface area contributed by atoms with Gasteiger partial charge in [0.15, 0.2) is 23.0 Å². The van der Waals surface area contributed by atoms with E-state index < -0.39 is 0 Å². The summed E-state index contributed by atoms with van der Waals surface area (Å²) in [6.07, 6.45) is 4.00. The SMILES string of the molecule is CCCCOc1ccc2c(c1OC)CN1CCc3cc(OC)c(O)cc3C1C2. The number of methoxy groups -OCH3 is 2. The lowest BCUT2D eigenvalue weighted by molar-refractivity contribution is 0.157. The van der Waals surface area contributed by atoms with Gasteiger partial charge in [-0.05, 0) is 54.2 Å². The van der Waals surface area contributed by atoms with Gasteiger partial charge in [0.05, 0.1) is 20.8 Å². The number of nitrogens with zero attached hydrogens (tertiary/aromatic N) is 1. The molecule has 0 aromatic heterocycles. The largest absolute Gasteiger partial charge is 0.504 e. The fraction of sp³-hybridized carbons (Fsp3) is 0.478. The highest BCUT2D eigenvalue weighted by Crippen LogP contribution is 2.45. The summed E-state index contributed by atoms with van der Waals surface area (Å²) in [5.74, 6) is 2.48. The summed E-state index contributed by atoms with van der Waals surface area (Å²) < 4.78 is 17.0. The van der Waals surface area contributed by atoms with Crippen molar-refractivity contribution in [2.24, 2.45) is 0 Å². The van der Waals surface area contributed by atoms with Crippen molar-refractivity contribution in [1.29, 1.82) is 0 Å². The molecule has 28 heavy (non-hydrogen) atoms. The molecule has 0 amide bonds. The van der Waals surface area contributed by atoms with Gasteiger partial charge in [-0.25, -0.2) is 0 Å². The first-order valence-corrected chi connectivity index (χ1v) is 10.1. The topological polar surface area (TPSA) is 51.2 Å². The van der Waals surface area contributed by atoms with E-state index in [0.717, 1.165) is 50.3 Å². The van der Waals surface area contributed by atoms with Gasteiger partial charge in [-0.3, -0.25) is 4.90 Å². The summed E-state index contributed by atoms with van der Waals surface area (Å²) in [7, 11) is 3.32. The van der Waals surface area contributed by atoms with Crippen LogP contribution in [-0.4, -0.2) is 37.4 Å². The Bertz CT molecular complexity index is 864. The first kappa shape index (κ1) is 18.9. The number of aromatic hydroxyl groups is 1. The Morgan fingerprint density at radius 1 is 1.11 bits per heavy atom. The van der Waals surface area contributed by atoms with Crippen molar-refractivity contribution >= 4 is 0 Å². The van der Waals surface area contributed by atoms with E-state index in [-0.39, 0.29) is 11.8 Å². The van der Waals surface area contributed by atoms with Crippen molar-refractivity contribution < 1.29 is 19.3 Å². The van der Waals surface area contributed by atoms with Crippen LogP contribution in [0.3, 0.4) is 0 Å². The van der Waals surface area contributed by atoms with Crippen LogP contribution in [0.4, 0.5) is 0 Å². The van der Waals surface area contributed by atoms with Crippen LogP contribution in [0, 0.1) is 0 Å². The summed E-state index contributed by atoms with van der Waals surface area (Å²) in [5.41, 5.74) is 5.00. The number of hydrogen-bond acceptors (Lipinski definition) is 5. The van der Waals surface area contributed by atoms with Crippen LogP contribution in [0.25, 0.3) is 0 Å². The van der Waals surface area contributed by atoms with Crippen LogP contribution < -0.4 is 14.2 Å². The van der Waals surface area contributed by atoms with Crippen molar-refractivity contribution in [2.45, 2.75) is 45.2 Å². The summed E-state index contributed by atoms with van der Waals surface area (Å²) in [6, 6.07) is 8.36. The maximum absolute atomic E-state index is 10.3. The number of benzene rings is 2. The molecule has 4 rings (SSSR count). The van der Waals surface area contributed by atoms with Crippen molar-refractivity contribution in [3.63, 3.8) is 0 Å². The van der Waals surface area contributed by atoms with Gasteiger partial charge in [0.1, 0.15) is 0 Å². The molecule has 1 unspecified atom stereocenters. The minimum absolute atomic E-state index is 0.214. The standard InChI is InChI=1S/C23H29NO4/c1-4-5-10-28-21-7-6-15-11-19-17-13-20(25)22(26-2)12-16(17)8-9-24(19)14-18(15)23(21)27-3/h6-7,12-13,19,25H,4-5,8-11,14H2,1-3H3. The average molecular weight is 383 g/mol. The third-order valence-corrected chi connectivity index (χ3v) is 5.96. The van der Waals surface area contributed by atoms with Gasteiger partial charge < -0.3 is 19.3 Å². The fourth-order valence-corrected chi connectivity index (χ4v) is 4.45. The maximum Gasteiger partial charge on any atom is 0.165 e. The summed E-state index contributed by atoms with van der Waals surface area (Å²) in [6.45, 7) is 4.69. The van der Waals surface area contributed by atoms with E-state index in [4.69, 9.17) is 14.2 Å². The number of fused-ring (bicyclic) bond motifs is 4. The molecule has 5 nitrogen and oxygen atoms in total. The van der Waals surface area contributed by atoms with Gasteiger partial charge in [0, 0.05) is 24.7 Å². The molecule has 2 aliphatic heterocycles. The number of rotatable bonds is 6. The summed E-state index contributed by atoms with van der Waals surface area (Å²) in [5, 5.41) is 10.3.